The number of nitrogens with one attached hydrogen (secondary N) is 1. The molecule has 1 aromatic carbocycles. The van der Waals surface area contributed by atoms with E-state index in [9.17, 15) is 9.59 Å². The van der Waals surface area contributed by atoms with Gasteiger partial charge in [0.15, 0.2) is 0 Å². The smallest absolute Gasteiger partial charge is 0.303 e. The SMILES string of the molecule is O=C(O)CCC(NC(=O)c1cnns1)c1ccccc1. The van der Waals surface area contributed by atoms with E-state index in [0.29, 0.717) is 11.3 Å². The van der Waals surface area contributed by atoms with Gasteiger partial charge in [-0.1, -0.05) is 34.8 Å². The van der Waals surface area contributed by atoms with Crippen LogP contribution in [-0.4, -0.2) is 26.6 Å². The highest BCUT2D eigenvalue weighted by Crippen LogP contribution is 2.19. The predicted molar refractivity (Wildman–Crippen MR) is 73.4 cm³/mol. The van der Waals surface area contributed by atoms with Crippen molar-refractivity contribution in [1.82, 2.24) is 14.9 Å². The third kappa shape index (κ3) is 3.86. The molecule has 6 nitrogen and oxygen atoms in total. The van der Waals surface area contributed by atoms with Gasteiger partial charge in [-0.15, -0.1) is 5.10 Å². The van der Waals surface area contributed by atoms with Crippen molar-refractivity contribution in [2.24, 2.45) is 0 Å². The molecule has 0 aliphatic rings. The van der Waals surface area contributed by atoms with Crippen LogP contribution in [0, 0.1) is 0 Å². The van der Waals surface area contributed by atoms with E-state index >= 15 is 0 Å². The van der Waals surface area contributed by atoms with Crippen LogP contribution >= 0.6 is 11.5 Å². The van der Waals surface area contributed by atoms with Crippen LogP contribution in [0.15, 0.2) is 36.5 Å². The lowest BCUT2D eigenvalue weighted by molar-refractivity contribution is -0.137. The van der Waals surface area contributed by atoms with E-state index in [1.807, 2.05) is 30.3 Å². The fraction of sp³-hybridized carbons (Fsp3) is 0.231. The van der Waals surface area contributed by atoms with Crippen LogP contribution in [-0.2, 0) is 4.79 Å². The van der Waals surface area contributed by atoms with Crippen molar-refractivity contribution in [3.8, 4) is 0 Å². The molecule has 1 heterocycles. The van der Waals surface area contributed by atoms with Crippen LogP contribution in [0.3, 0.4) is 0 Å². The largest absolute Gasteiger partial charge is 0.481 e. The average Bonchev–Trinajstić information content (AvgIpc) is 2.98. The number of aromatic nitrogens is 2. The van der Waals surface area contributed by atoms with Gasteiger partial charge in [0.25, 0.3) is 5.91 Å². The van der Waals surface area contributed by atoms with E-state index in [1.165, 1.54) is 6.20 Å². The minimum Gasteiger partial charge on any atom is -0.481 e. The van der Waals surface area contributed by atoms with E-state index in [4.69, 9.17) is 5.11 Å². The molecule has 0 aliphatic heterocycles. The number of amides is 1. The number of carbonyl (C=O) groups excluding carboxylic acids is 1. The molecule has 0 spiro atoms. The Labute approximate surface area is 119 Å². The number of aliphatic carboxylic acids is 1. The molecule has 1 aromatic heterocycles. The van der Waals surface area contributed by atoms with E-state index in [0.717, 1.165) is 17.1 Å². The topological polar surface area (TPSA) is 92.2 Å². The van der Waals surface area contributed by atoms with Gasteiger partial charge in [0, 0.05) is 6.42 Å². The molecule has 1 amide bonds. The molecule has 7 heteroatoms. The number of carbonyl (C=O) groups is 2. The third-order valence-electron chi connectivity index (χ3n) is 2.74. The summed E-state index contributed by atoms with van der Waals surface area (Å²) >= 11 is 1.00. The molecule has 0 fully saturated rings. The number of carboxylic acids is 1. The van der Waals surface area contributed by atoms with Crippen molar-refractivity contribution >= 4 is 23.4 Å². The number of nitrogens with zero attached hydrogens (tertiary/aromatic N) is 2. The Bertz CT molecular complexity index is 572. The van der Waals surface area contributed by atoms with Crippen LogP contribution in [0.25, 0.3) is 0 Å². The minimum atomic E-state index is -0.889. The molecule has 1 unspecified atom stereocenters. The molecule has 0 radical (unpaired) electrons. The predicted octanol–water partition coefficient (Wildman–Crippen LogP) is 1.87. The van der Waals surface area contributed by atoms with Gasteiger partial charge in [0.05, 0.1) is 12.2 Å². The highest BCUT2D eigenvalue weighted by molar-refractivity contribution is 7.07. The number of carboxylic acid groups (broad SMARTS) is 1. The van der Waals surface area contributed by atoms with Gasteiger partial charge < -0.3 is 10.4 Å². The number of hydrogen-bond donors (Lipinski definition) is 2. The maximum atomic E-state index is 12.0. The quantitative estimate of drug-likeness (QED) is 0.847. The molecular formula is C13H13N3O3S. The maximum absolute atomic E-state index is 12.0. The highest BCUT2D eigenvalue weighted by atomic mass is 32.1. The van der Waals surface area contributed by atoms with Crippen molar-refractivity contribution < 1.29 is 14.7 Å². The fourth-order valence-electron chi connectivity index (χ4n) is 1.77. The van der Waals surface area contributed by atoms with Gasteiger partial charge in [0.2, 0.25) is 0 Å². The van der Waals surface area contributed by atoms with Crippen molar-refractivity contribution in [1.29, 1.82) is 0 Å². The van der Waals surface area contributed by atoms with Gasteiger partial charge in [-0.2, -0.15) is 0 Å². The first-order valence-electron chi connectivity index (χ1n) is 6.02. The zero-order chi connectivity index (χ0) is 14.4. The zero-order valence-corrected chi connectivity index (χ0v) is 11.3. The van der Waals surface area contributed by atoms with E-state index in [2.05, 4.69) is 14.9 Å². The Hall–Kier alpha value is -2.28. The summed E-state index contributed by atoms with van der Waals surface area (Å²) in [5.41, 5.74) is 0.875. The maximum Gasteiger partial charge on any atom is 0.303 e. The van der Waals surface area contributed by atoms with Crippen molar-refractivity contribution in [3.05, 3.63) is 47.0 Å². The lowest BCUT2D eigenvalue weighted by Gasteiger charge is -2.17. The second kappa shape index (κ2) is 6.76. The van der Waals surface area contributed by atoms with Gasteiger partial charge in [-0.3, -0.25) is 9.59 Å². The molecule has 2 rings (SSSR count). The number of hydrogen-bond acceptors (Lipinski definition) is 5. The van der Waals surface area contributed by atoms with Crippen molar-refractivity contribution in [2.45, 2.75) is 18.9 Å². The highest BCUT2D eigenvalue weighted by Gasteiger charge is 2.18. The van der Waals surface area contributed by atoms with Crippen molar-refractivity contribution in [3.63, 3.8) is 0 Å². The summed E-state index contributed by atoms with van der Waals surface area (Å²) in [6.07, 6.45) is 1.71. The van der Waals surface area contributed by atoms with Crippen molar-refractivity contribution in [2.75, 3.05) is 0 Å². The van der Waals surface area contributed by atoms with Gasteiger partial charge in [-0.05, 0) is 23.5 Å². The van der Waals surface area contributed by atoms with Crippen LogP contribution in [0.4, 0.5) is 0 Å². The normalized spacial score (nSPS) is 11.8. The molecule has 20 heavy (non-hydrogen) atoms. The molecule has 0 saturated carbocycles. The Balaban J connectivity index is 2.10. The summed E-state index contributed by atoms with van der Waals surface area (Å²) in [6.45, 7) is 0. The molecule has 1 atom stereocenters. The molecule has 2 aromatic rings. The summed E-state index contributed by atoms with van der Waals surface area (Å²) in [6, 6.07) is 8.94. The Morgan fingerprint density at radius 2 is 2.05 bits per heavy atom. The van der Waals surface area contributed by atoms with Crippen LogP contribution in [0.5, 0.6) is 0 Å². The Morgan fingerprint density at radius 1 is 1.30 bits per heavy atom. The molecule has 0 bridgehead atoms. The van der Waals surface area contributed by atoms with Crippen LogP contribution in [0.2, 0.25) is 0 Å². The first kappa shape index (κ1) is 14.1. The van der Waals surface area contributed by atoms with Gasteiger partial charge in [0.1, 0.15) is 4.88 Å². The van der Waals surface area contributed by atoms with Crippen LogP contribution in [0.1, 0.15) is 34.1 Å². The molecule has 0 aliphatic carbocycles. The fourth-order valence-corrected chi connectivity index (χ4v) is 2.19. The van der Waals surface area contributed by atoms with Crippen LogP contribution < -0.4 is 5.32 Å². The zero-order valence-electron chi connectivity index (χ0n) is 10.5. The van der Waals surface area contributed by atoms with E-state index in [-0.39, 0.29) is 18.4 Å². The lowest BCUT2D eigenvalue weighted by Crippen LogP contribution is -2.28. The first-order chi connectivity index (χ1) is 9.66. The second-order valence-electron chi connectivity index (χ2n) is 4.15. The van der Waals surface area contributed by atoms with Gasteiger partial charge in [-0.25, -0.2) is 0 Å². The number of benzene rings is 1. The average molecular weight is 291 g/mol. The minimum absolute atomic E-state index is 0.0131. The Kier molecular flexibility index (Phi) is 4.78. The monoisotopic (exact) mass is 291 g/mol. The third-order valence-corrected chi connectivity index (χ3v) is 3.40. The summed E-state index contributed by atoms with van der Waals surface area (Å²) in [4.78, 5) is 23.1. The summed E-state index contributed by atoms with van der Waals surface area (Å²) < 4.78 is 3.63. The molecule has 2 N–H and O–H groups in total. The standard InChI is InChI=1S/C13H13N3O3S/c17-12(18)7-6-10(9-4-2-1-3-5-9)15-13(19)11-8-14-16-20-11/h1-5,8,10H,6-7H2,(H,15,19)(H,17,18). The first-order valence-corrected chi connectivity index (χ1v) is 6.79. The second-order valence-corrected chi connectivity index (χ2v) is 4.94. The summed E-state index contributed by atoms with van der Waals surface area (Å²) in [5, 5.41) is 15.2. The van der Waals surface area contributed by atoms with E-state index < -0.39 is 5.97 Å². The van der Waals surface area contributed by atoms with E-state index in [1.54, 1.807) is 0 Å². The van der Waals surface area contributed by atoms with Gasteiger partial charge >= 0.3 is 5.97 Å². The molecular weight excluding hydrogens is 278 g/mol. The molecule has 0 saturated heterocycles. The summed E-state index contributed by atoms with van der Waals surface area (Å²) in [7, 11) is 0. The Morgan fingerprint density at radius 3 is 2.65 bits per heavy atom. The lowest BCUT2D eigenvalue weighted by atomic mass is 10.0. The summed E-state index contributed by atoms with van der Waals surface area (Å²) in [5.74, 6) is -1.18. The molecule has 104 valence electrons. The number of rotatable bonds is 6.